The van der Waals surface area contributed by atoms with Crippen molar-refractivity contribution in [3.05, 3.63) is 18.0 Å². The van der Waals surface area contributed by atoms with Crippen LogP contribution in [0.25, 0.3) is 0 Å². The first kappa shape index (κ1) is 16.5. The van der Waals surface area contributed by atoms with E-state index in [4.69, 9.17) is 4.74 Å². The Kier molecular flexibility index (Phi) is 4.82. The second-order valence-corrected chi connectivity index (χ2v) is 8.24. The molecule has 0 spiro atoms. The highest BCUT2D eigenvalue weighted by atomic mass is 16.5. The highest BCUT2D eigenvalue weighted by molar-refractivity contribution is 5.10. The highest BCUT2D eigenvalue weighted by Crippen LogP contribution is 2.42. The van der Waals surface area contributed by atoms with E-state index in [1.807, 2.05) is 6.20 Å². The van der Waals surface area contributed by atoms with Crippen molar-refractivity contribution in [1.82, 2.24) is 9.78 Å². The molecule has 0 saturated carbocycles. The van der Waals surface area contributed by atoms with Crippen LogP contribution < -0.4 is 0 Å². The summed E-state index contributed by atoms with van der Waals surface area (Å²) in [6.07, 6.45) is 7.78. The largest absolute Gasteiger partial charge is 0.381 e. The molecule has 0 bridgehead atoms. The molecule has 0 amide bonds. The van der Waals surface area contributed by atoms with Gasteiger partial charge in [0, 0.05) is 19.4 Å². The van der Waals surface area contributed by atoms with E-state index in [-0.39, 0.29) is 5.54 Å². The topological polar surface area (TPSA) is 27.1 Å². The van der Waals surface area contributed by atoms with Gasteiger partial charge in [-0.2, -0.15) is 5.10 Å². The van der Waals surface area contributed by atoms with Gasteiger partial charge < -0.3 is 4.74 Å². The molecule has 0 radical (unpaired) electrons. The quantitative estimate of drug-likeness (QED) is 0.794. The first-order valence-electron chi connectivity index (χ1n) is 8.35. The summed E-state index contributed by atoms with van der Waals surface area (Å²) in [5.41, 5.74) is 1.69. The Bertz CT molecular complexity index is 454. The second-order valence-electron chi connectivity index (χ2n) is 8.24. The molecule has 3 heteroatoms. The SMILES string of the molecule is CC(C)c1cnn(C(C)(C)CC(C)(C)C2CCOCC2)c1. The van der Waals surface area contributed by atoms with Crippen LogP contribution in [-0.2, 0) is 10.3 Å². The zero-order valence-electron chi connectivity index (χ0n) is 14.6. The molecule has 0 aromatic carbocycles. The summed E-state index contributed by atoms with van der Waals surface area (Å²) in [5, 5.41) is 4.63. The molecule has 2 heterocycles. The van der Waals surface area contributed by atoms with Crippen LogP contribution in [0.15, 0.2) is 12.4 Å². The van der Waals surface area contributed by atoms with Gasteiger partial charge in [0.2, 0.25) is 0 Å². The third-order valence-corrected chi connectivity index (χ3v) is 5.10. The van der Waals surface area contributed by atoms with Crippen LogP contribution in [0, 0.1) is 11.3 Å². The van der Waals surface area contributed by atoms with Crippen LogP contribution in [0.2, 0.25) is 0 Å². The van der Waals surface area contributed by atoms with Crippen molar-refractivity contribution in [2.24, 2.45) is 11.3 Å². The van der Waals surface area contributed by atoms with Gasteiger partial charge in [0.15, 0.2) is 0 Å². The Morgan fingerprint density at radius 3 is 2.38 bits per heavy atom. The fourth-order valence-electron chi connectivity index (χ4n) is 3.79. The van der Waals surface area contributed by atoms with Crippen molar-refractivity contribution in [3.63, 3.8) is 0 Å². The predicted molar refractivity (Wildman–Crippen MR) is 87.6 cm³/mol. The van der Waals surface area contributed by atoms with Gasteiger partial charge in [0.1, 0.15) is 0 Å². The standard InChI is InChI=1S/C18H32N2O/c1-14(2)15-11-19-20(12-15)18(5,6)13-17(3,4)16-7-9-21-10-8-16/h11-12,14,16H,7-10,13H2,1-6H3. The summed E-state index contributed by atoms with van der Waals surface area (Å²) in [4.78, 5) is 0. The number of aromatic nitrogens is 2. The maximum absolute atomic E-state index is 5.52. The normalized spacial score (nSPS) is 18.4. The van der Waals surface area contributed by atoms with Crippen molar-refractivity contribution in [2.45, 2.75) is 72.3 Å². The van der Waals surface area contributed by atoms with Crippen molar-refractivity contribution in [3.8, 4) is 0 Å². The van der Waals surface area contributed by atoms with E-state index >= 15 is 0 Å². The minimum Gasteiger partial charge on any atom is -0.381 e. The molecule has 120 valence electrons. The third-order valence-electron chi connectivity index (χ3n) is 5.10. The zero-order valence-corrected chi connectivity index (χ0v) is 14.6. The summed E-state index contributed by atoms with van der Waals surface area (Å²) in [5.74, 6) is 1.30. The Morgan fingerprint density at radius 2 is 1.86 bits per heavy atom. The predicted octanol–water partition coefficient (Wildman–Crippen LogP) is 4.58. The molecule has 0 unspecified atom stereocenters. The van der Waals surface area contributed by atoms with Gasteiger partial charge in [0.25, 0.3) is 0 Å². The van der Waals surface area contributed by atoms with E-state index in [0.29, 0.717) is 11.3 Å². The summed E-state index contributed by atoms with van der Waals surface area (Å²) >= 11 is 0. The smallest absolute Gasteiger partial charge is 0.0576 e. The molecular formula is C18H32N2O. The Balaban J connectivity index is 2.10. The number of nitrogens with zero attached hydrogens (tertiary/aromatic N) is 2. The van der Waals surface area contributed by atoms with E-state index in [9.17, 15) is 0 Å². The fraction of sp³-hybridized carbons (Fsp3) is 0.833. The van der Waals surface area contributed by atoms with Crippen molar-refractivity contribution in [2.75, 3.05) is 13.2 Å². The first-order valence-corrected chi connectivity index (χ1v) is 8.35. The van der Waals surface area contributed by atoms with Crippen LogP contribution in [0.1, 0.15) is 72.3 Å². The number of rotatable bonds is 5. The lowest BCUT2D eigenvalue weighted by molar-refractivity contribution is 0.00595. The van der Waals surface area contributed by atoms with E-state index in [2.05, 4.69) is 57.5 Å². The van der Waals surface area contributed by atoms with E-state index in [1.165, 1.54) is 18.4 Å². The van der Waals surface area contributed by atoms with Gasteiger partial charge in [-0.25, -0.2) is 0 Å². The number of hydrogen-bond acceptors (Lipinski definition) is 2. The molecular weight excluding hydrogens is 260 g/mol. The van der Waals surface area contributed by atoms with Crippen LogP contribution in [-0.4, -0.2) is 23.0 Å². The molecule has 1 aromatic rings. The number of hydrogen-bond donors (Lipinski definition) is 0. The van der Waals surface area contributed by atoms with Gasteiger partial charge in [-0.05, 0) is 55.9 Å². The molecule has 0 aliphatic carbocycles. The second kappa shape index (κ2) is 6.12. The lowest BCUT2D eigenvalue weighted by Gasteiger charge is -2.42. The van der Waals surface area contributed by atoms with Crippen molar-refractivity contribution in [1.29, 1.82) is 0 Å². The summed E-state index contributed by atoms with van der Waals surface area (Å²) in [6, 6.07) is 0. The summed E-state index contributed by atoms with van der Waals surface area (Å²) < 4.78 is 7.69. The fourth-order valence-corrected chi connectivity index (χ4v) is 3.79. The monoisotopic (exact) mass is 292 g/mol. The van der Waals surface area contributed by atoms with Crippen LogP contribution in [0.5, 0.6) is 0 Å². The lowest BCUT2D eigenvalue weighted by Crippen LogP contribution is -2.38. The Hall–Kier alpha value is -0.830. The average Bonchev–Trinajstić information content (AvgIpc) is 2.89. The third kappa shape index (κ3) is 3.88. The molecule has 1 aromatic heterocycles. The van der Waals surface area contributed by atoms with Gasteiger partial charge in [0.05, 0.1) is 11.7 Å². The molecule has 0 N–H and O–H groups in total. The number of ether oxygens (including phenoxy) is 1. The molecule has 3 nitrogen and oxygen atoms in total. The van der Waals surface area contributed by atoms with E-state index < -0.39 is 0 Å². The highest BCUT2D eigenvalue weighted by Gasteiger charge is 2.37. The average molecular weight is 292 g/mol. The first-order chi connectivity index (χ1) is 9.72. The summed E-state index contributed by atoms with van der Waals surface area (Å²) in [7, 11) is 0. The Labute approximate surface area is 130 Å². The molecule has 2 rings (SSSR count). The molecule has 1 saturated heterocycles. The summed E-state index contributed by atoms with van der Waals surface area (Å²) in [6.45, 7) is 15.7. The van der Waals surface area contributed by atoms with E-state index in [0.717, 1.165) is 25.6 Å². The van der Waals surface area contributed by atoms with Crippen molar-refractivity contribution >= 4 is 0 Å². The van der Waals surface area contributed by atoms with Crippen LogP contribution in [0.3, 0.4) is 0 Å². The molecule has 1 aliphatic heterocycles. The molecule has 1 fully saturated rings. The van der Waals surface area contributed by atoms with Gasteiger partial charge >= 0.3 is 0 Å². The van der Waals surface area contributed by atoms with Gasteiger partial charge in [-0.3, -0.25) is 4.68 Å². The molecule has 1 aliphatic rings. The minimum absolute atomic E-state index is 0.0505. The maximum Gasteiger partial charge on any atom is 0.0576 e. The minimum atomic E-state index is 0.0505. The van der Waals surface area contributed by atoms with Gasteiger partial charge in [-0.15, -0.1) is 0 Å². The van der Waals surface area contributed by atoms with Crippen molar-refractivity contribution < 1.29 is 4.74 Å². The zero-order chi connectivity index (χ0) is 15.7. The molecule has 0 atom stereocenters. The van der Waals surface area contributed by atoms with Crippen LogP contribution >= 0.6 is 0 Å². The maximum atomic E-state index is 5.52. The van der Waals surface area contributed by atoms with Gasteiger partial charge in [-0.1, -0.05) is 27.7 Å². The van der Waals surface area contributed by atoms with E-state index in [1.54, 1.807) is 0 Å². The van der Waals surface area contributed by atoms with Crippen LogP contribution in [0.4, 0.5) is 0 Å². The molecule has 21 heavy (non-hydrogen) atoms. The Morgan fingerprint density at radius 1 is 1.24 bits per heavy atom. The lowest BCUT2D eigenvalue weighted by atomic mass is 9.68.